The van der Waals surface area contributed by atoms with E-state index in [1.165, 1.54) is 6.92 Å². The molecule has 4 rings (SSSR count). The third-order valence-electron chi connectivity index (χ3n) is 6.74. The van der Waals surface area contributed by atoms with Crippen LogP contribution in [-0.2, 0) is 24.6 Å². The Hall–Kier alpha value is -3.07. The smallest absolute Gasteiger partial charge is 0.303 e. The molecule has 0 radical (unpaired) electrons. The number of aliphatic hydroxyl groups is 3. The first-order valence-electron chi connectivity index (χ1n) is 12.6. The minimum Gasteiger partial charge on any atom is -0.457 e. The molecule has 0 saturated carbocycles. The van der Waals surface area contributed by atoms with E-state index in [9.17, 15) is 20.1 Å². The van der Waals surface area contributed by atoms with E-state index < -0.39 is 42.1 Å². The maximum absolute atomic E-state index is 11.6. The van der Waals surface area contributed by atoms with Gasteiger partial charge < -0.3 is 29.5 Å². The van der Waals surface area contributed by atoms with Crippen molar-refractivity contribution < 1.29 is 34.3 Å². The molecule has 1 saturated heterocycles. The molecule has 1 heterocycles. The molecule has 0 amide bonds. The molecule has 0 aromatic heterocycles. The predicted molar refractivity (Wildman–Crippen MR) is 138 cm³/mol. The summed E-state index contributed by atoms with van der Waals surface area (Å²) in [5.41, 5.74) is 1.67. The fourth-order valence-electron chi connectivity index (χ4n) is 4.99. The first-order chi connectivity index (χ1) is 18.0. The van der Waals surface area contributed by atoms with Crippen LogP contribution in [-0.4, -0.2) is 65.0 Å². The zero-order chi connectivity index (χ0) is 26.3. The lowest BCUT2D eigenvalue weighted by molar-refractivity contribution is -0.246. The second-order valence-corrected chi connectivity index (χ2v) is 9.22. The number of esters is 1. The maximum atomic E-state index is 11.6. The van der Waals surface area contributed by atoms with Crippen LogP contribution in [0.5, 0.6) is 0 Å². The van der Waals surface area contributed by atoms with Gasteiger partial charge in [0, 0.05) is 13.5 Å². The number of carbonyl (C=O) groups is 1. The van der Waals surface area contributed by atoms with E-state index in [2.05, 4.69) is 0 Å². The summed E-state index contributed by atoms with van der Waals surface area (Å²) in [6.45, 7) is 1.11. The first kappa shape index (κ1) is 27.0. The monoisotopic (exact) mass is 506 g/mol. The van der Waals surface area contributed by atoms with E-state index in [0.29, 0.717) is 12.8 Å². The van der Waals surface area contributed by atoms with E-state index >= 15 is 0 Å². The van der Waals surface area contributed by atoms with Crippen LogP contribution < -0.4 is 0 Å². The van der Waals surface area contributed by atoms with E-state index in [0.717, 1.165) is 16.7 Å². The van der Waals surface area contributed by atoms with Crippen LogP contribution in [0.2, 0.25) is 0 Å². The summed E-state index contributed by atoms with van der Waals surface area (Å²) in [6.07, 6.45) is -4.64. The van der Waals surface area contributed by atoms with Crippen molar-refractivity contribution in [2.24, 2.45) is 0 Å². The number of benzene rings is 3. The molecule has 5 atom stereocenters. The molecule has 0 spiro atoms. The van der Waals surface area contributed by atoms with Gasteiger partial charge in [-0.25, -0.2) is 0 Å². The van der Waals surface area contributed by atoms with Crippen molar-refractivity contribution in [1.82, 2.24) is 0 Å². The van der Waals surface area contributed by atoms with E-state index in [1.807, 2.05) is 91.0 Å². The van der Waals surface area contributed by atoms with Gasteiger partial charge in [-0.3, -0.25) is 4.79 Å². The number of hydrogen-bond acceptors (Lipinski definition) is 7. The van der Waals surface area contributed by atoms with Gasteiger partial charge in [-0.1, -0.05) is 91.0 Å². The van der Waals surface area contributed by atoms with Gasteiger partial charge in [0.15, 0.2) is 6.10 Å². The molecular formula is C30H34O7. The molecule has 37 heavy (non-hydrogen) atoms. The normalized spacial score (nSPS) is 23.9. The summed E-state index contributed by atoms with van der Waals surface area (Å²) < 4.78 is 18.2. The maximum Gasteiger partial charge on any atom is 0.303 e. The third kappa shape index (κ3) is 5.92. The Morgan fingerprint density at radius 1 is 0.811 bits per heavy atom. The molecule has 196 valence electrons. The summed E-state index contributed by atoms with van der Waals surface area (Å²) >= 11 is 0. The van der Waals surface area contributed by atoms with Gasteiger partial charge in [0.25, 0.3) is 0 Å². The second-order valence-electron chi connectivity index (χ2n) is 9.22. The molecule has 3 aromatic rings. The van der Waals surface area contributed by atoms with Gasteiger partial charge in [-0.15, -0.1) is 0 Å². The predicted octanol–water partition coefficient (Wildman–Crippen LogP) is 3.19. The molecule has 3 aromatic carbocycles. The standard InChI is InChI=1S/C30H34O7/c1-21(32)36-29-25(18-11-19-31)37-26(27(33)28(29)34)20-35-30(22-12-5-2-6-13-22,23-14-7-3-8-15-23)24-16-9-4-10-17-24/h2-10,12-17,25-29,31,33-34H,11,18-20H2,1H3/t25-,26-,27-,28+,29+/m1/s1. The van der Waals surface area contributed by atoms with Crippen molar-refractivity contribution in [3.63, 3.8) is 0 Å². The lowest BCUT2D eigenvalue weighted by Gasteiger charge is -2.44. The Morgan fingerprint density at radius 2 is 1.30 bits per heavy atom. The molecule has 7 heteroatoms. The summed E-state index contributed by atoms with van der Waals surface area (Å²) in [5, 5.41) is 31.2. The van der Waals surface area contributed by atoms with Crippen LogP contribution in [0.1, 0.15) is 36.5 Å². The average molecular weight is 507 g/mol. The zero-order valence-electron chi connectivity index (χ0n) is 20.9. The van der Waals surface area contributed by atoms with Gasteiger partial charge in [0.2, 0.25) is 0 Å². The minimum absolute atomic E-state index is 0.0562. The van der Waals surface area contributed by atoms with Crippen LogP contribution in [0.25, 0.3) is 0 Å². The van der Waals surface area contributed by atoms with Crippen molar-refractivity contribution >= 4 is 5.97 Å². The van der Waals surface area contributed by atoms with E-state index in [-0.39, 0.29) is 13.2 Å². The van der Waals surface area contributed by atoms with Crippen molar-refractivity contribution in [2.45, 2.75) is 55.9 Å². The van der Waals surface area contributed by atoms with Gasteiger partial charge >= 0.3 is 5.97 Å². The number of ether oxygens (including phenoxy) is 3. The molecule has 1 aliphatic heterocycles. The highest BCUT2D eigenvalue weighted by atomic mass is 16.6. The summed E-state index contributed by atoms with van der Waals surface area (Å²) in [5.74, 6) is -0.584. The van der Waals surface area contributed by atoms with Gasteiger partial charge in [0.05, 0.1) is 12.7 Å². The first-order valence-corrected chi connectivity index (χ1v) is 12.6. The number of carbonyl (C=O) groups excluding carboxylic acids is 1. The topological polar surface area (TPSA) is 105 Å². The highest BCUT2D eigenvalue weighted by molar-refractivity contribution is 5.66. The summed E-state index contributed by atoms with van der Waals surface area (Å²) in [7, 11) is 0. The highest BCUT2D eigenvalue weighted by Crippen LogP contribution is 2.41. The second kappa shape index (κ2) is 12.4. The van der Waals surface area contributed by atoms with Crippen LogP contribution in [0.15, 0.2) is 91.0 Å². The minimum atomic E-state index is -1.37. The molecule has 7 nitrogen and oxygen atoms in total. The Labute approximate surface area is 217 Å². The molecule has 1 aliphatic rings. The fourth-order valence-corrected chi connectivity index (χ4v) is 4.99. The molecular weight excluding hydrogens is 472 g/mol. The molecule has 0 bridgehead atoms. The SMILES string of the molecule is CC(=O)O[C@@H]1[C@@H](O)[C@H](O)[C@@H](COC(c2ccccc2)(c2ccccc2)c2ccccc2)O[C@@H]1CCCO. The largest absolute Gasteiger partial charge is 0.457 e. The van der Waals surface area contributed by atoms with E-state index in [1.54, 1.807) is 0 Å². The number of rotatable bonds is 10. The van der Waals surface area contributed by atoms with Crippen molar-refractivity contribution in [2.75, 3.05) is 13.2 Å². The number of aliphatic hydroxyl groups excluding tert-OH is 3. The average Bonchev–Trinajstić information content (AvgIpc) is 2.93. The van der Waals surface area contributed by atoms with Crippen LogP contribution in [0.4, 0.5) is 0 Å². The molecule has 0 aliphatic carbocycles. The van der Waals surface area contributed by atoms with Gasteiger partial charge in [-0.05, 0) is 29.5 Å². The van der Waals surface area contributed by atoms with Crippen LogP contribution in [0.3, 0.4) is 0 Å². The van der Waals surface area contributed by atoms with Crippen molar-refractivity contribution in [1.29, 1.82) is 0 Å². The lowest BCUT2D eigenvalue weighted by atomic mass is 9.80. The van der Waals surface area contributed by atoms with E-state index in [4.69, 9.17) is 14.2 Å². The number of hydrogen-bond donors (Lipinski definition) is 3. The zero-order valence-corrected chi connectivity index (χ0v) is 20.9. The summed E-state index contributed by atoms with van der Waals surface area (Å²) in [6, 6.07) is 29.5. The Balaban J connectivity index is 1.70. The van der Waals surface area contributed by atoms with Gasteiger partial charge in [0.1, 0.15) is 23.9 Å². The third-order valence-corrected chi connectivity index (χ3v) is 6.74. The molecule has 0 unspecified atom stereocenters. The Morgan fingerprint density at radius 3 is 1.73 bits per heavy atom. The molecule has 1 fully saturated rings. The van der Waals surface area contributed by atoms with Crippen LogP contribution in [0, 0.1) is 0 Å². The quantitative estimate of drug-likeness (QED) is 0.287. The Bertz CT molecular complexity index is 1010. The summed E-state index contributed by atoms with van der Waals surface area (Å²) in [4.78, 5) is 11.6. The lowest BCUT2D eigenvalue weighted by Crippen LogP contribution is -2.60. The van der Waals surface area contributed by atoms with Crippen molar-refractivity contribution in [3.05, 3.63) is 108 Å². The highest BCUT2D eigenvalue weighted by Gasteiger charge is 2.47. The van der Waals surface area contributed by atoms with Crippen molar-refractivity contribution in [3.8, 4) is 0 Å². The fraction of sp³-hybridized carbons (Fsp3) is 0.367. The molecule has 3 N–H and O–H groups in total. The van der Waals surface area contributed by atoms with Crippen LogP contribution >= 0.6 is 0 Å². The Kier molecular flexibility index (Phi) is 9.08. The van der Waals surface area contributed by atoms with Gasteiger partial charge in [-0.2, -0.15) is 0 Å².